The summed E-state index contributed by atoms with van der Waals surface area (Å²) in [6.45, 7) is 0. The summed E-state index contributed by atoms with van der Waals surface area (Å²) in [4.78, 5) is 25.0. The molecule has 3 heteroatoms. The second-order valence-electron chi connectivity index (χ2n) is 5.85. The number of ketones is 1. The van der Waals surface area contributed by atoms with Gasteiger partial charge in [-0.1, -0.05) is 30.3 Å². The lowest BCUT2D eigenvalue weighted by molar-refractivity contribution is -0.147. The molecule has 0 N–H and O–H groups in total. The summed E-state index contributed by atoms with van der Waals surface area (Å²) >= 11 is 0. The lowest BCUT2D eigenvalue weighted by Gasteiger charge is -2.20. The van der Waals surface area contributed by atoms with Crippen LogP contribution in [-0.2, 0) is 20.7 Å². The predicted molar refractivity (Wildman–Crippen MR) is 80.0 cm³/mol. The SMILES string of the molecule is COC(=O)[C@@H]1Cc2ccccc2[C@H]1C(=O)C1=CCCCC1. The van der Waals surface area contributed by atoms with Crippen molar-refractivity contribution < 1.29 is 14.3 Å². The molecule has 0 saturated heterocycles. The number of hydrogen-bond acceptors (Lipinski definition) is 3. The molecule has 3 nitrogen and oxygen atoms in total. The van der Waals surface area contributed by atoms with E-state index in [-0.39, 0.29) is 23.6 Å². The molecule has 0 heterocycles. The molecular weight excluding hydrogens is 264 g/mol. The van der Waals surface area contributed by atoms with Crippen LogP contribution in [-0.4, -0.2) is 18.9 Å². The zero-order chi connectivity index (χ0) is 14.8. The van der Waals surface area contributed by atoms with E-state index in [1.807, 2.05) is 24.3 Å². The second-order valence-corrected chi connectivity index (χ2v) is 5.85. The van der Waals surface area contributed by atoms with Crippen molar-refractivity contribution in [1.82, 2.24) is 0 Å². The third kappa shape index (κ3) is 2.53. The molecule has 110 valence electrons. The molecule has 0 radical (unpaired) electrons. The van der Waals surface area contributed by atoms with Crippen molar-refractivity contribution in [3.05, 3.63) is 47.0 Å². The van der Waals surface area contributed by atoms with E-state index in [9.17, 15) is 9.59 Å². The van der Waals surface area contributed by atoms with Gasteiger partial charge in [-0.05, 0) is 48.8 Å². The molecule has 2 atom stereocenters. The van der Waals surface area contributed by atoms with Crippen molar-refractivity contribution in [3.8, 4) is 0 Å². The van der Waals surface area contributed by atoms with Gasteiger partial charge >= 0.3 is 5.97 Å². The standard InChI is InChI=1S/C18H20O3/c1-21-18(20)15-11-13-9-5-6-10-14(13)16(15)17(19)12-7-3-2-4-8-12/h5-7,9-10,15-16H,2-4,8,11H2,1H3/t15-,16-/m1/s1. The molecule has 0 fully saturated rings. The summed E-state index contributed by atoms with van der Waals surface area (Å²) in [6, 6.07) is 7.88. The second kappa shape index (κ2) is 5.84. The largest absolute Gasteiger partial charge is 0.469 e. The zero-order valence-electron chi connectivity index (χ0n) is 12.3. The average Bonchev–Trinajstić information content (AvgIpc) is 2.93. The summed E-state index contributed by atoms with van der Waals surface area (Å²) in [5.74, 6) is -0.892. The Morgan fingerprint density at radius 1 is 1.19 bits per heavy atom. The highest BCUT2D eigenvalue weighted by molar-refractivity contribution is 6.03. The van der Waals surface area contributed by atoms with E-state index in [4.69, 9.17) is 4.74 Å². The van der Waals surface area contributed by atoms with E-state index in [1.165, 1.54) is 7.11 Å². The zero-order valence-corrected chi connectivity index (χ0v) is 12.3. The Labute approximate surface area is 125 Å². The first kappa shape index (κ1) is 14.1. The van der Waals surface area contributed by atoms with Gasteiger partial charge in [0.25, 0.3) is 0 Å². The highest BCUT2D eigenvalue weighted by Gasteiger charge is 2.42. The fourth-order valence-corrected chi connectivity index (χ4v) is 3.55. The van der Waals surface area contributed by atoms with Gasteiger partial charge in [0.15, 0.2) is 5.78 Å². The van der Waals surface area contributed by atoms with Gasteiger partial charge in [0, 0.05) is 0 Å². The van der Waals surface area contributed by atoms with Crippen LogP contribution in [0.25, 0.3) is 0 Å². The first-order valence-corrected chi connectivity index (χ1v) is 7.61. The number of methoxy groups -OCH3 is 1. The smallest absolute Gasteiger partial charge is 0.310 e. The molecule has 3 rings (SSSR count). The van der Waals surface area contributed by atoms with E-state index in [0.717, 1.165) is 42.4 Å². The van der Waals surface area contributed by atoms with E-state index in [2.05, 4.69) is 6.08 Å². The van der Waals surface area contributed by atoms with Gasteiger partial charge in [0.1, 0.15) is 0 Å². The van der Waals surface area contributed by atoms with Crippen molar-refractivity contribution >= 4 is 11.8 Å². The molecule has 0 unspecified atom stereocenters. The summed E-state index contributed by atoms with van der Waals surface area (Å²) in [5.41, 5.74) is 3.00. The Balaban J connectivity index is 1.97. The van der Waals surface area contributed by atoms with Gasteiger partial charge in [-0.2, -0.15) is 0 Å². The molecule has 0 bridgehead atoms. The number of rotatable bonds is 3. The summed E-state index contributed by atoms with van der Waals surface area (Å²) < 4.78 is 4.92. The van der Waals surface area contributed by atoms with Crippen LogP contribution < -0.4 is 0 Å². The van der Waals surface area contributed by atoms with E-state index >= 15 is 0 Å². The van der Waals surface area contributed by atoms with Crippen molar-refractivity contribution in [1.29, 1.82) is 0 Å². The summed E-state index contributed by atoms with van der Waals surface area (Å²) in [6.07, 6.45) is 6.69. The van der Waals surface area contributed by atoms with Crippen LogP contribution in [0.1, 0.15) is 42.7 Å². The topological polar surface area (TPSA) is 43.4 Å². The van der Waals surface area contributed by atoms with Crippen LogP contribution in [0.15, 0.2) is 35.9 Å². The number of allylic oxidation sites excluding steroid dienone is 2. The number of carbonyl (C=O) groups excluding carboxylic acids is 2. The summed E-state index contributed by atoms with van der Waals surface area (Å²) in [5, 5.41) is 0. The van der Waals surface area contributed by atoms with E-state index < -0.39 is 0 Å². The molecule has 0 spiro atoms. The van der Waals surface area contributed by atoms with Crippen LogP contribution in [0, 0.1) is 5.92 Å². The van der Waals surface area contributed by atoms with Crippen molar-refractivity contribution in [3.63, 3.8) is 0 Å². The first-order valence-electron chi connectivity index (χ1n) is 7.61. The fraction of sp³-hybridized carbons (Fsp3) is 0.444. The van der Waals surface area contributed by atoms with Crippen LogP contribution in [0.5, 0.6) is 0 Å². The van der Waals surface area contributed by atoms with Gasteiger partial charge in [-0.25, -0.2) is 0 Å². The Bertz CT molecular complexity index is 600. The average molecular weight is 284 g/mol. The number of fused-ring (bicyclic) bond motifs is 1. The normalized spacial score (nSPS) is 24.1. The Morgan fingerprint density at radius 2 is 2.00 bits per heavy atom. The van der Waals surface area contributed by atoms with Gasteiger partial charge in [-0.3, -0.25) is 9.59 Å². The van der Waals surface area contributed by atoms with Crippen molar-refractivity contribution in [2.45, 2.75) is 38.0 Å². The van der Waals surface area contributed by atoms with Crippen LogP contribution >= 0.6 is 0 Å². The lowest BCUT2D eigenvalue weighted by atomic mass is 9.82. The number of benzene rings is 1. The van der Waals surface area contributed by atoms with Gasteiger partial charge in [-0.15, -0.1) is 0 Å². The molecule has 0 amide bonds. The van der Waals surface area contributed by atoms with Crippen LogP contribution in [0.4, 0.5) is 0 Å². The maximum absolute atomic E-state index is 12.9. The third-order valence-electron chi connectivity index (χ3n) is 4.63. The Kier molecular flexibility index (Phi) is 3.91. The van der Waals surface area contributed by atoms with E-state index in [0.29, 0.717) is 6.42 Å². The number of ether oxygens (including phenoxy) is 1. The minimum absolute atomic E-state index is 0.120. The molecule has 0 aliphatic heterocycles. The number of hydrogen-bond donors (Lipinski definition) is 0. The molecule has 0 aromatic heterocycles. The molecule has 2 aliphatic carbocycles. The number of Topliss-reactive ketones (excluding diaryl/α,β-unsaturated/α-hetero) is 1. The van der Waals surface area contributed by atoms with Crippen LogP contribution in [0.3, 0.4) is 0 Å². The fourth-order valence-electron chi connectivity index (χ4n) is 3.55. The van der Waals surface area contributed by atoms with Gasteiger partial charge in [0.2, 0.25) is 0 Å². The maximum Gasteiger partial charge on any atom is 0.310 e. The predicted octanol–water partition coefficient (Wildman–Crippen LogP) is 3.19. The number of carbonyl (C=O) groups is 2. The van der Waals surface area contributed by atoms with Crippen molar-refractivity contribution in [2.75, 3.05) is 7.11 Å². The molecule has 1 aromatic carbocycles. The quantitative estimate of drug-likeness (QED) is 0.801. The Morgan fingerprint density at radius 3 is 2.71 bits per heavy atom. The number of esters is 1. The molecule has 21 heavy (non-hydrogen) atoms. The van der Waals surface area contributed by atoms with E-state index in [1.54, 1.807) is 0 Å². The molecule has 0 saturated carbocycles. The van der Waals surface area contributed by atoms with Crippen LogP contribution in [0.2, 0.25) is 0 Å². The minimum atomic E-state index is -0.372. The Hall–Kier alpha value is -1.90. The minimum Gasteiger partial charge on any atom is -0.469 e. The first-order chi connectivity index (χ1) is 10.2. The highest BCUT2D eigenvalue weighted by atomic mass is 16.5. The molecule has 2 aliphatic rings. The maximum atomic E-state index is 12.9. The third-order valence-corrected chi connectivity index (χ3v) is 4.63. The van der Waals surface area contributed by atoms with Gasteiger partial charge in [0.05, 0.1) is 18.9 Å². The lowest BCUT2D eigenvalue weighted by Crippen LogP contribution is -2.27. The molecule has 1 aromatic rings. The highest BCUT2D eigenvalue weighted by Crippen LogP contribution is 2.41. The summed E-state index contributed by atoms with van der Waals surface area (Å²) in [7, 11) is 1.40. The van der Waals surface area contributed by atoms with Crippen molar-refractivity contribution in [2.24, 2.45) is 5.92 Å². The molecular formula is C18H20O3. The van der Waals surface area contributed by atoms with Gasteiger partial charge < -0.3 is 4.74 Å². The monoisotopic (exact) mass is 284 g/mol.